The predicted molar refractivity (Wildman–Crippen MR) is 95.2 cm³/mol. The van der Waals surface area contributed by atoms with Gasteiger partial charge in [-0.3, -0.25) is 4.79 Å². The van der Waals surface area contributed by atoms with E-state index >= 15 is 0 Å². The number of nitrogens with zero attached hydrogens (tertiary/aromatic N) is 4. The van der Waals surface area contributed by atoms with Gasteiger partial charge >= 0.3 is 0 Å². The number of carbonyl (C=O) groups excluding carboxylic acids is 1. The fourth-order valence-corrected chi connectivity index (χ4v) is 4.85. The monoisotopic (exact) mass is 344 g/mol. The summed E-state index contributed by atoms with van der Waals surface area (Å²) in [4.78, 5) is 26.3. The molecule has 25 heavy (non-hydrogen) atoms. The first-order valence-corrected chi connectivity index (χ1v) is 9.62. The van der Waals surface area contributed by atoms with E-state index in [0.717, 1.165) is 39.0 Å². The molecule has 0 bridgehead atoms. The zero-order valence-electron chi connectivity index (χ0n) is 15.0. The lowest BCUT2D eigenvalue weighted by Crippen LogP contribution is -2.49. The van der Waals surface area contributed by atoms with Gasteiger partial charge in [-0.05, 0) is 37.7 Å². The van der Waals surface area contributed by atoms with Gasteiger partial charge in [0.15, 0.2) is 0 Å². The van der Waals surface area contributed by atoms with Crippen LogP contribution in [0.15, 0.2) is 18.5 Å². The highest BCUT2D eigenvalue weighted by molar-refractivity contribution is 5.85. The van der Waals surface area contributed by atoms with Crippen LogP contribution in [0.3, 0.4) is 0 Å². The van der Waals surface area contributed by atoms with Crippen LogP contribution < -0.4 is 4.90 Å². The molecule has 1 amide bonds. The highest BCUT2D eigenvalue weighted by atomic mass is 16.5. The Labute approximate surface area is 149 Å². The Balaban J connectivity index is 1.54. The van der Waals surface area contributed by atoms with E-state index in [0.29, 0.717) is 23.8 Å². The molecule has 136 valence electrons. The van der Waals surface area contributed by atoms with Crippen LogP contribution >= 0.6 is 0 Å². The topological polar surface area (TPSA) is 58.6 Å². The maximum Gasteiger partial charge on any atom is 0.245 e. The summed E-state index contributed by atoms with van der Waals surface area (Å²) in [5.41, 5.74) is 0. The summed E-state index contributed by atoms with van der Waals surface area (Å²) >= 11 is 0. The third-order valence-electron chi connectivity index (χ3n) is 6.09. The van der Waals surface area contributed by atoms with Gasteiger partial charge in [-0.1, -0.05) is 12.8 Å². The number of amides is 1. The summed E-state index contributed by atoms with van der Waals surface area (Å²) in [6.07, 6.45) is 10.4. The molecule has 2 aliphatic heterocycles. The summed E-state index contributed by atoms with van der Waals surface area (Å²) < 4.78 is 5.46. The minimum absolute atomic E-state index is 0.122. The summed E-state index contributed by atoms with van der Waals surface area (Å²) in [5.74, 6) is 2.00. The zero-order chi connectivity index (χ0) is 17.2. The second-order valence-electron chi connectivity index (χ2n) is 7.77. The highest BCUT2D eigenvalue weighted by Crippen LogP contribution is 2.41. The van der Waals surface area contributed by atoms with Crippen LogP contribution in [0.4, 0.5) is 5.95 Å². The van der Waals surface area contributed by atoms with Crippen LogP contribution in [0.2, 0.25) is 0 Å². The summed E-state index contributed by atoms with van der Waals surface area (Å²) in [5, 5.41) is 0. The predicted octanol–water partition coefficient (Wildman–Crippen LogP) is 2.11. The van der Waals surface area contributed by atoms with Crippen LogP contribution in [-0.2, 0) is 9.53 Å². The van der Waals surface area contributed by atoms with E-state index in [1.165, 1.54) is 19.3 Å². The Kier molecular flexibility index (Phi) is 4.88. The van der Waals surface area contributed by atoms with Crippen molar-refractivity contribution in [2.75, 3.05) is 31.7 Å². The van der Waals surface area contributed by atoms with E-state index in [-0.39, 0.29) is 11.9 Å². The third-order valence-corrected chi connectivity index (χ3v) is 6.09. The Hall–Kier alpha value is -1.69. The average Bonchev–Trinajstić information content (AvgIpc) is 3.29. The molecule has 1 aromatic heterocycles. The van der Waals surface area contributed by atoms with Gasteiger partial charge in [-0.2, -0.15) is 0 Å². The van der Waals surface area contributed by atoms with Crippen LogP contribution in [0.25, 0.3) is 0 Å². The van der Waals surface area contributed by atoms with Crippen molar-refractivity contribution >= 4 is 11.9 Å². The van der Waals surface area contributed by atoms with Gasteiger partial charge in [0.05, 0.1) is 6.61 Å². The molecule has 6 nitrogen and oxygen atoms in total. The fourth-order valence-electron chi connectivity index (χ4n) is 4.85. The van der Waals surface area contributed by atoms with Gasteiger partial charge in [0.2, 0.25) is 11.9 Å². The number of rotatable bonds is 4. The maximum absolute atomic E-state index is 13.2. The number of likely N-dealkylation sites (N-methyl/N-ethyl adjacent to an activating group) is 1. The molecule has 0 aromatic carbocycles. The van der Waals surface area contributed by atoms with Gasteiger partial charge in [0.25, 0.3) is 0 Å². The largest absolute Gasteiger partial charge is 0.381 e. The smallest absolute Gasteiger partial charge is 0.245 e. The number of aromatic nitrogens is 2. The van der Waals surface area contributed by atoms with Crippen molar-refractivity contribution in [2.24, 2.45) is 11.8 Å². The van der Waals surface area contributed by atoms with E-state index in [2.05, 4.69) is 14.9 Å². The molecule has 2 saturated heterocycles. The van der Waals surface area contributed by atoms with Crippen LogP contribution in [0.5, 0.6) is 0 Å². The van der Waals surface area contributed by atoms with Crippen molar-refractivity contribution in [3.63, 3.8) is 0 Å². The number of ether oxygens (including phenoxy) is 1. The van der Waals surface area contributed by atoms with Gasteiger partial charge in [0, 0.05) is 44.6 Å². The highest BCUT2D eigenvalue weighted by Gasteiger charge is 2.47. The number of anilines is 1. The van der Waals surface area contributed by atoms with Crippen molar-refractivity contribution in [1.82, 2.24) is 14.9 Å². The molecule has 3 heterocycles. The van der Waals surface area contributed by atoms with Gasteiger partial charge in [-0.25, -0.2) is 9.97 Å². The number of hydrogen-bond acceptors (Lipinski definition) is 5. The second-order valence-corrected chi connectivity index (χ2v) is 7.77. The third kappa shape index (κ3) is 3.36. The molecule has 6 heteroatoms. The lowest BCUT2D eigenvalue weighted by molar-refractivity contribution is -0.131. The van der Waals surface area contributed by atoms with Gasteiger partial charge in [-0.15, -0.1) is 0 Å². The van der Waals surface area contributed by atoms with E-state index in [1.54, 1.807) is 12.4 Å². The lowest BCUT2D eigenvalue weighted by Gasteiger charge is -2.34. The molecular formula is C19H28N4O2. The summed E-state index contributed by atoms with van der Waals surface area (Å²) in [6.45, 7) is 2.39. The molecule has 1 aliphatic carbocycles. The molecule has 3 aliphatic rings. The number of hydrogen-bond donors (Lipinski definition) is 0. The fraction of sp³-hybridized carbons (Fsp3) is 0.737. The molecule has 0 unspecified atom stereocenters. The van der Waals surface area contributed by atoms with Crippen molar-refractivity contribution in [3.8, 4) is 0 Å². The summed E-state index contributed by atoms with van der Waals surface area (Å²) in [6, 6.07) is 2.12. The van der Waals surface area contributed by atoms with Gasteiger partial charge < -0.3 is 14.5 Å². The number of carbonyl (C=O) groups is 1. The molecular weight excluding hydrogens is 316 g/mol. The van der Waals surface area contributed by atoms with Crippen molar-refractivity contribution in [2.45, 2.75) is 50.6 Å². The Morgan fingerprint density at radius 2 is 2.08 bits per heavy atom. The normalized spacial score (nSPS) is 31.8. The molecule has 4 rings (SSSR count). The maximum atomic E-state index is 13.2. The molecule has 0 N–H and O–H groups in total. The van der Waals surface area contributed by atoms with E-state index in [1.807, 2.05) is 18.0 Å². The first kappa shape index (κ1) is 16.8. The number of fused-ring (bicyclic) bond motifs is 1. The summed E-state index contributed by atoms with van der Waals surface area (Å²) in [7, 11) is 1.94. The SMILES string of the molecule is CN(C[C@@H]1CCOC1)C(=O)[C@@H]1C[C@@H]2CCCC[C@H]2N1c1ncccn1. The van der Waals surface area contributed by atoms with Crippen molar-refractivity contribution in [3.05, 3.63) is 18.5 Å². The quantitative estimate of drug-likeness (QED) is 0.837. The first-order valence-electron chi connectivity index (χ1n) is 9.62. The van der Waals surface area contributed by atoms with Crippen molar-refractivity contribution < 1.29 is 9.53 Å². The average molecular weight is 344 g/mol. The van der Waals surface area contributed by atoms with Crippen LogP contribution in [0, 0.1) is 11.8 Å². The van der Waals surface area contributed by atoms with Crippen molar-refractivity contribution in [1.29, 1.82) is 0 Å². The minimum atomic E-state index is -0.122. The standard InChI is InChI=1S/C19H28N4O2/c1-22(12-14-7-10-25-13-14)18(24)17-11-15-5-2-3-6-16(15)23(17)19-20-8-4-9-21-19/h4,8-9,14-17H,2-3,5-7,10-13H2,1H3/t14-,15-,16+,17-/m0/s1. The lowest BCUT2D eigenvalue weighted by atomic mass is 9.84. The van der Waals surface area contributed by atoms with Gasteiger partial charge in [0.1, 0.15) is 6.04 Å². The second kappa shape index (κ2) is 7.28. The van der Waals surface area contributed by atoms with E-state index in [4.69, 9.17) is 4.74 Å². The Bertz CT molecular complexity index is 590. The first-order chi connectivity index (χ1) is 12.2. The molecule has 0 spiro atoms. The molecule has 4 atom stereocenters. The van der Waals surface area contributed by atoms with E-state index < -0.39 is 0 Å². The van der Waals surface area contributed by atoms with Crippen LogP contribution in [-0.4, -0.2) is 59.7 Å². The Morgan fingerprint density at radius 3 is 2.84 bits per heavy atom. The molecule has 1 aromatic rings. The zero-order valence-corrected chi connectivity index (χ0v) is 15.0. The van der Waals surface area contributed by atoms with E-state index in [9.17, 15) is 4.79 Å². The molecule has 3 fully saturated rings. The minimum Gasteiger partial charge on any atom is -0.381 e. The Morgan fingerprint density at radius 1 is 1.28 bits per heavy atom. The molecule has 0 radical (unpaired) electrons. The molecule has 1 saturated carbocycles. The van der Waals surface area contributed by atoms with Crippen LogP contribution in [0.1, 0.15) is 38.5 Å².